The minimum Gasteiger partial charge on any atom is -0.378 e. The predicted molar refractivity (Wildman–Crippen MR) is 118 cm³/mol. The Bertz CT molecular complexity index is 1010. The number of sulfonamides is 1. The molecule has 4 rings (SSSR count). The molecule has 2 fully saturated rings. The lowest BCUT2D eigenvalue weighted by molar-refractivity contribution is -0.119. The van der Waals surface area contributed by atoms with Gasteiger partial charge in [0.15, 0.2) is 0 Å². The van der Waals surface area contributed by atoms with Gasteiger partial charge >= 0.3 is 0 Å². The number of carbonyl (C=O) groups is 1. The minimum atomic E-state index is -3.55. The van der Waals surface area contributed by atoms with Crippen LogP contribution in [0.25, 0.3) is 0 Å². The summed E-state index contributed by atoms with van der Waals surface area (Å²) in [5.74, 6) is 1.53. The predicted octanol–water partition coefficient (Wildman–Crippen LogP) is 0.522. The van der Waals surface area contributed by atoms with E-state index in [1.807, 2.05) is 6.07 Å². The molecule has 31 heavy (non-hydrogen) atoms. The van der Waals surface area contributed by atoms with Gasteiger partial charge in [0.2, 0.25) is 5.91 Å². The van der Waals surface area contributed by atoms with Crippen molar-refractivity contribution in [1.29, 1.82) is 0 Å². The van der Waals surface area contributed by atoms with Gasteiger partial charge in [-0.15, -0.1) is 11.3 Å². The number of hydrogen-bond acceptors (Lipinski definition) is 9. The van der Waals surface area contributed by atoms with Gasteiger partial charge < -0.3 is 19.9 Å². The van der Waals surface area contributed by atoms with E-state index in [4.69, 9.17) is 4.74 Å². The number of rotatable bonds is 6. The summed E-state index contributed by atoms with van der Waals surface area (Å²) in [4.78, 5) is 24.9. The second kappa shape index (κ2) is 9.47. The summed E-state index contributed by atoms with van der Waals surface area (Å²) in [6.45, 7) is 6.63. The maximum Gasteiger partial charge on any atom is 0.252 e. The number of aromatic nitrogens is 2. The zero-order valence-corrected chi connectivity index (χ0v) is 19.0. The molecule has 168 valence electrons. The number of nitrogens with zero attached hydrogens (tertiary/aromatic N) is 5. The van der Waals surface area contributed by atoms with Crippen molar-refractivity contribution in [2.24, 2.45) is 0 Å². The molecule has 0 aromatic carbocycles. The molecule has 4 heterocycles. The van der Waals surface area contributed by atoms with Crippen LogP contribution in [0.5, 0.6) is 0 Å². The highest BCUT2D eigenvalue weighted by atomic mass is 32.2. The first-order valence-corrected chi connectivity index (χ1v) is 12.4. The summed E-state index contributed by atoms with van der Waals surface area (Å²) >= 11 is 1.20. The molecule has 12 heteroatoms. The lowest BCUT2D eigenvalue weighted by atomic mass is 10.3. The highest BCUT2D eigenvalue weighted by Gasteiger charge is 2.30. The molecule has 2 aromatic rings. The first-order chi connectivity index (χ1) is 14.9. The highest BCUT2D eigenvalue weighted by Crippen LogP contribution is 2.27. The van der Waals surface area contributed by atoms with E-state index < -0.39 is 10.0 Å². The Hall–Kier alpha value is -2.28. The first kappa shape index (κ1) is 21.9. The van der Waals surface area contributed by atoms with E-state index in [9.17, 15) is 13.2 Å². The quantitative estimate of drug-likeness (QED) is 0.657. The monoisotopic (exact) mass is 466 g/mol. The summed E-state index contributed by atoms with van der Waals surface area (Å²) < 4.78 is 33.3. The molecule has 0 bridgehead atoms. The zero-order valence-electron chi connectivity index (χ0n) is 17.4. The van der Waals surface area contributed by atoms with Gasteiger partial charge in [-0.25, -0.2) is 18.4 Å². The Balaban J connectivity index is 1.38. The minimum absolute atomic E-state index is 0.143. The van der Waals surface area contributed by atoms with Crippen molar-refractivity contribution in [3.05, 3.63) is 29.4 Å². The number of piperazine rings is 1. The van der Waals surface area contributed by atoms with Crippen molar-refractivity contribution in [2.45, 2.75) is 17.7 Å². The number of amides is 1. The molecule has 2 aromatic heterocycles. The molecule has 0 aliphatic carbocycles. The van der Waals surface area contributed by atoms with Gasteiger partial charge in [-0.2, -0.15) is 4.31 Å². The van der Waals surface area contributed by atoms with E-state index in [-0.39, 0.29) is 5.91 Å². The van der Waals surface area contributed by atoms with Crippen molar-refractivity contribution in [2.75, 3.05) is 62.3 Å². The molecule has 2 aliphatic heterocycles. The van der Waals surface area contributed by atoms with Crippen LogP contribution in [0.1, 0.15) is 11.8 Å². The lowest BCUT2D eigenvalue weighted by Gasteiger charge is -2.35. The van der Waals surface area contributed by atoms with Crippen molar-refractivity contribution in [3.63, 3.8) is 0 Å². The van der Waals surface area contributed by atoms with E-state index in [1.165, 1.54) is 22.6 Å². The molecular formula is C19H26N6O4S2. The van der Waals surface area contributed by atoms with Crippen LogP contribution in [0.2, 0.25) is 0 Å². The molecule has 0 atom stereocenters. The largest absolute Gasteiger partial charge is 0.378 e. The molecule has 2 aliphatic rings. The number of thiophene rings is 1. The van der Waals surface area contributed by atoms with Crippen LogP contribution in [0.4, 0.5) is 11.6 Å². The molecule has 1 N–H and O–H groups in total. The van der Waals surface area contributed by atoms with Crippen molar-refractivity contribution in [1.82, 2.24) is 19.6 Å². The molecule has 0 unspecified atom stereocenters. The van der Waals surface area contributed by atoms with Gasteiger partial charge in [0.1, 0.15) is 22.2 Å². The van der Waals surface area contributed by atoms with Crippen LogP contribution >= 0.6 is 11.3 Å². The van der Waals surface area contributed by atoms with Crippen LogP contribution in [0, 0.1) is 0 Å². The van der Waals surface area contributed by atoms with Crippen molar-refractivity contribution < 1.29 is 17.9 Å². The van der Waals surface area contributed by atoms with E-state index in [2.05, 4.69) is 25.1 Å². The Morgan fingerprint density at radius 3 is 2.35 bits per heavy atom. The zero-order chi connectivity index (χ0) is 21.8. The maximum atomic E-state index is 13.0. The molecule has 0 spiro atoms. The number of anilines is 2. The third-order valence-electron chi connectivity index (χ3n) is 5.28. The normalized spacial score (nSPS) is 18.2. The van der Waals surface area contributed by atoms with Crippen LogP contribution < -0.4 is 15.1 Å². The second-order valence-corrected chi connectivity index (χ2v) is 10.7. The Kier molecular flexibility index (Phi) is 6.70. The summed E-state index contributed by atoms with van der Waals surface area (Å²) in [6.07, 6.45) is 1.56. The fourth-order valence-corrected chi connectivity index (χ4v) is 6.44. The highest BCUT2D eigenvalue weighted by molar-refractivity contribution is 7.91. The Labute approximate surface area is 185 Å². The average molecular weight is 467 g/mol. The van der Waals surface area contributed by atoms with Crippen LogP contribution in [-0.4, -0.2) is 81.1 Å². The average Bonchev–Trinajstić information content (AvgIpc) is 3.29. The number of carbonyl (C=O) groups excluding carboxylic acids is 1. The molecule has 0 radical (unpaired) electrons. The first-order valence-electron chi connectivity index (χ1n) is 10.2. The second-order valence-electron chi connectivity index (χ2n) is 7.36. The third-order valence-corrected chi connectivity index (χ3v) is 8.73. The van der Waals surface area contributed by atoms with Gasteiger partial charge in [0, 0.05) is 57.1 Å². The number of morpholine rings is 1. The molecular weight excluding hydrogens is 440 g/mol. The summed E-state index contributed by atoms with van der Waals surface area (Å²) in [7, 11) is -3.55. The van der Waals surface area contributed by atoms with E-state index in [0.717, 1.165) is 29.6 Å². The summed E-state index contributed by atoms with van der Waals surface area (Å²) in [5.41, 5.74) is 0. The summed E-state index contributed by atoms with van der Waals surface area (Å²) in [6, 6.07) is 5.32. The van der Waals surface area contributed by atoms with Gasteiger partial charge in [-0.3, -0.25) is 4.79 Å². The van der Waals surface area contributed by atoms with Crippen LogP contribution in [-0.2, 0) is 26.1 Å². The van der Waals surface area contributed by atoms with Gasteiger partial charge in [0.25, 0.3) is 10.0 Å². The van der Waals surface area contributed by atoms with Crippen LogP contribution in [0.3, 0.4) is 0 Å². The SMILES string of the molecule is CC(=O)NCc1ccc(S(=O)(=O)N2CCN(c3cc(N4CCOCC4)ncn3)CC2)s1. The van der Waals surface area contributed by atoms with Gasteiger partial charge in [-0.05, 0) is 12.1 Å². The van der Waals surface area contributed by atoms with Crippen molar-refractivity contribution >= 4 is 38.9 Å². The van der Waals surface area contributed by atoms with Crippen molar-refractivity contribution in [3.8, 4) is 0 Å². The number of hydrogen-bond donors (Lipinski definition) is 1. The Morgan fingerprint density at radius 2 is 1.71 bits per heavy atom. The molecule has 2 saturated heterocycles. The topological polar surface area (TPSA) is 108 Å². The number of nitrogens with one attached hydrogen (secondary N) is 1. The van der Waals surface area contributed by atoms with E-state index in [1.54, 1.807) is 18.5 Å². The third kappa shape index (κ3) is 5.14. The molecule has 1 amide bonds. The van der Waals surface area contributed by atoms with Crippen LogP contribution in [0.15, 0.2) is 28.7 Å². The molecule has 0 saturated carbocycles. The van der Waals surface area contributed by atoms with E-state index in [0.29, 0.717) is 50.1 Å². The number of ether oxygens (including phenoxy) is 1. The smallest absolute Gasteiger partial charge is 0.252 e. The lowest BCUT2D eigenvalue weighted by Crippen LogP contribution is -2.48. The molecule has 10 nitrogen and oxygen atoms in total. The van der Waals surface area contributed by atoms with E-state index >= 15 is 0 Å². The standard InChI is InChI=1S/C19H26N6O4S2/c1-15(26)20-13-16-2-3-19(30-16)31(27,28)25-6-4-23(5-7-25)17-12-18(22-14-21-17)24-8-10-29-11-9-24/h2-3,12,14H,4-11,13H2,1H3,(H,20,26). The fourth-order valence-electron chi connectivity index (χ4n) is 3.56. The summed E-state index contributed by atoms with van der Waals surface area (Å²) in [5, 5.41) is 2.69. The maximum absolute atomic E-state index is 13.0. The Morgan fingerprint density at radius 1 is 1.06 bits per heavy atom. The fraction of sp³-hybridized carbons (Fsp3) is 0.526. The van der Waals surface area contributed by atoms with Gasteiger partial charge in [-0.1, -0.05) is 0 Å². The van der Waals surface area contributed by atoms with Gasteiger partial charge in [0.05, 0.1) is 19.8 Å².